The molecule has 1 aromatic heterocycles. The Balaban J connectivity index is 1.82. The van der Waals surface area contributed by atoms with Crippen LogP contribution in [0.4, 0.5) is 5.82 Å². The summed E-state index contributed by atoms with van der Waals surface area (Å²) in [5.74, 6) is -1.00. The second-order valence-electron chi connectivity index (χ2n) is 8.57. The third-order valence-electron chi connectivity index (χ3n) is 6.03. The number of amides is 1. The minimum Gasteiger partial charge on any atom is -0.503 e. The quantitative estimate of drug-likeness (QED) is 0.528. The monoisotopic (exact) mass is 441 g/mol. The molecule has 4 rings (SSSR count). The number of benzene rings is 2. The number of ketones is 1. The predicted octanol–water partition coefficient (Wildman–Crippen LogP) is 5.25. The van der Waals surface area contributed by atoms with Crippen LogP contribution < -0.4 is 4.90 Å². The predicted molar refractivity (Wildman–Crippen MR) is 127 cm³/mol. The van der Waals surface area contributed by atoms with Gasteiger partial charge < -0.3 is 5.11 Å². The number of carbonyl (C=O) groups is 2. The average molecular weight is 442 g/mol. The molecule has 2 heterocycles. The van der Waals surface area contributed by atoms with Crippen molar-refractivity contribution in [2.45, 2.75) is 46.1 Å². The lowest BCUT2D eigenvalue weighted by atomic mass is 9.91. The molecule has 1 aliphatic rings. The third kappa shape index (κ3) is 4.16. The lowest BCUT2D eigenvalue weighted by molar-refractivity contribution is -0.117. The Labute approximate surface area is 193 Å². The van der Waals surface area contributed by atoms with Crippen LogP contribution in [0.1, 0.15) is 65.5 Å². The molecule has 0 bridgehead atoms. The van der Waals surface area contributed by atoms with E-state index in [0.29, 0.717) is 22.7 Å². The Kier molecular flexibility index (Phi) is 6.09. The molecule has 33 heavy (non-hydrogen) atoms. The topological polar surface area (TPSA) is 83.4 Å². The second kappa shape index (κ2) is 8.98. The number of Topliss-reactive ketones (excluding diaryl/α,β-unsaturated/α-hetero) is 1. The van der Waals surface area contributed by atoms with Crippen LogP contribution in [0.3, 0.4) is 0 Å². The van der Waals surface area contributed by atoms with Gasteiger partial charge in [-0.1, -0.05) is 69.3 Å². The molecular weight excluding hydrogens is 414 g/mol. The van der Waals surface area contributed by atoms with E-state index in [1.807, 2.05) is 36.4 Å². The summed E-state index contributed by atoms with van der Waals surface area (Å²) in [6.07, 6.45) is 0.867. The lowest BCUT2D eigenvalue weighted by Gasteiger charge is -2.25. The van der Waals surface area contributed by atoms with E-state index < -0.39 is 17.7 Å². The zero-order chi connectivity index (χ0) is 23.7. The fourth-order valence-electron chi connectivity index (χ4n) is 4.02. The molecule has 6 nitrogen and oxygen atoms in total. The van der Waals surface area contributed by atoms with Crippen LogP contribution in [-0.2, 0) is 11.2 Å². The summed E-state index contributed by atoms with van der Waals surface area (Å²) in [5.41, 5.74) is 4.12. The molecule has 0 saturated heterocycles. The van der Waals surface area contributed by atoms with Crippen molar-refractivity contribution >= 4 is 17.5 Å². The number of aliphatic hydroxyl groups is 1. The largest absolute Gasteiger partial charge is 0.503 e. The number of rotatable bonds is 6. The maximum atomic E-state index is 13.6. The summed E-state index contributed by atoms with van der Waals surface area (Å²) >= 11 is 0. The van der Waals surface area contributed by atoms with Crippen LogP contribution in [0.25, 0.3) is 0 Å². The minimum atomic E-state index is -0.808. The highest BCUT2D eigenvalue weighted by molar-refractivity contribution is 6.20. The van der Waals surface area contributed by atoms with E-state index in [-0.39, 0.29) is 17.2 Å². The van der Waals surface area contributed by atoms with Crippen molar-refractivity contribution in [3.8, 4) is 0 Å². The van der Waals surface area contributed by atoms with Crippen LogP contribution in [0.5, 0.6) is 0 Å². The van der Waals surface area contributed by atoms with Crippen LogP contribution in [0, 0.1) is 6.92 Å². The van der Waals surface area contributed by atoms with Crippen molar-refractivity contribution in [1.29, 1.82) is 0 Å². The molecule has 0 fully saturated rings. The standard InChI is InChI=1S/C27H27N3O3/c1-5-18-7-9-20(10-8-18)24-23(25(31)21-13-11-19(12-14-21)16(2)3)26(32)27(33)30(24)22-15-6-17(4)28-29-22/h6-16,24,32H,5H2,1-4H3. The van der Waals surface area contributed by atoms with Gasteiger partial charge in [-0.2, -0.15) is 5.10 Å². The molecular formula is C27H27N3O3. The molecule has 0 aliphatic carbocycles. The van der Waals surface area contributed by atoms with Crippen molar-refractivity contribution in [2.24, 2.45) is 0 Å². The molecule has 168 valence electrons. The van der Waals surface area contributed by atoms with Gasteiger partial charge >= 0.3 is 0 Å². The number of nitrogens with zero attached hydrogens (tertiary/aromatic N) is 3. The number of aryl methyl sites for hydroxylation is 2. The summed E-state index contributed by atoms with van der Waals surface area (Å²) in [6, 6.07) is 17.6. The van der Waals surface area contributed by atoms with Crippen molar-refractivity contribution in [3.63, 3.8) is 0 Å². The molecule has 3 aromatic rings. The first-order valence-electron chi connectivity index (χ1n) is 11.1. The minimum absolute atomic E-state index is 0.0453. The molecule has 1 amide bonds. The van der Waals surface area contributed by atoms with E-state index in [1.54, 1.807) is 31.2 Å². The van der Waals surface area contributed by atoms with E-state index in [9.17, 15) is 14.7 Å². The van der Waals surface area contributed by atoms with Crippen molar-refractivity contribution in [2.75, 3.05) is 4.90 Å². The highest BCUT2D eigenvalue weighted by Gasteiger charge is 2.45. The molecule has 1 aliphatic heterocycles. The van der Waals surface area contributed by atoms with Crippen LogP contribution in [0.2, 0.25) is 0 Å². The van der Waals surface area contributed by atoms with Gasteiger partial charge in [0.25, 0.3) is 5.91 Å². The van der Waals surface area contributed by atoms with Gasteiger partial charge in [-0.05, 0) is 48.1 Å². The fraction of sp³-hybridized carbons (Fsp3) is 0.259. The van der Waals surface area contributed by atoms with Crippen LogP contribution >= 0.6 is 0 Å². The van der Waals surface area contributed by atoms with Crippen LogP contribution in [0.15, 0.2) is 72.0 Å². The lowest BCUT2D eigenvalue weighted by Crippen LogP contribution is -2.32. The number of aromatic nitrogens is 2. The van der Waals surface area contributed by atoms with Crippen LogP contribution in [-0.4, -0.2) is 27.0 Å². The Morgan fingerprint density at radius 3 is 2.21 bits per heavy atom. The molecule has 1 atom stereocenters. The van der Waals surface area contributed by atoms with Gasteiger partial charge in [-0.15, -0.1) is 5.10 Å². The normalized spacial score (nSPS) is 16.1. The van der Waals surface area contributed by atoms with E-state index in [2.05, 4.69) is 31.0 Å². The SMILES string of the molecule is CCc1ccc(C2C(C(=O)c3ccc(C(C)C)cc3)=C(O)C(=O)N2c2ccc(C)nn2)cc1. The molecule has 1 N–H and O–H groups in total. The summed E-state index contributed by atoms with van der Waals surface area (Å²) in [5, 5.41) is 19.1. The van der Waals surface area contributed by atoms with E-state index in [1.165, 1.54) is 4.90 Å². The molecule has 0 saturated carbocycles. The van der Waals surface area contributed by atoms with Crippen molar-refractivity contribution < 1.29 is 14.7 Å². The molecule has 2 aromatic carbocycles. The number of anilines is 1. The number of carbonyl (C=O) groups excluding carboxylic acids is 2. The van der Waals surface area contributed by atoms with E-state index >= 15 is 0 Å². The fourth-order valence-corrected chi connectivity index (χ4v) is 4.02. The number of hydrogen-bond acceptors (Lipinski definition) is 5. The second-order valence-corrected chi connectivity index (χ2v) is 8.57. The summed E-state index contributed by atoms with van der Waals surface area (Å²) in [6.45, 7) is 8.02. The van der Waals surface area contributed by atoms with E-state index in [0.717, 1.165) is 17.5 Å². The summed E-state index contributed by atoms with van der Waals surface area (Å²) in [7, 11) is 0. The van der Waals surface area contributed by atoms with Crippen molar-refractivity contribution in [1.82, 2.24) is 10.2 Å². The number of hydrogen-bond donors (Lipinski definition) is 1. The smallest absolute Gasteiger partial charge is 0.295 e. The maximum absolute atomic E-state index is 13.6. The van der Waals surface area contributed by atoms with Crippen molar-refractivity contribution in [3.05, 3.63) is 99.9 Å². The first kappa shape index (κ1) is 22.4. The van der Waals surface area contributed by atoms with Gasteiger partial charge in [0.2, 0.25) is 0 Å². The Morgan fingerprint density at radius 2 is 1.67 bits per heavy atom. The molecule has 0 radical (unpaired) electrons. The first-order valence-corrected chi connectivity index (χ1v) is 11.1. The highest BCUT2D eigenvalue weighted by atomic mass is 16.3. The summed E-state index contributed by atoms with van der Waals surface area (Å²) in [4.78, 5) is 28.1. The van der Waals surface area contributed by atoms with Gasteiger partial charge in [-0.25, -0.2) is 0 Å². The average Bonchev–Trinajstić information content (AvgIpc) is 3.09. The Bertz CT molecular complexity index is 1210. The van der Waals surface area contributed by atoms with E-state index in [4.69, 9.17) is 0 Å². The first-order chi connectivity index (χ1) is 15.8. The Hall–Kier alpha value is -3.80. The molecule has 6 heteroatoms. The van der Waals surface area contributed by atoms with Gasteiger partial charge in [0, 0.05) is 5.56 Å². The molecule has 0 spiro atoms. The Morgan fingerprint density at radius 1 is 1.00 bits per heavy atom. The van der Waals surface area contributed by atoms with Gasteiger partial charge in [0.15, 0.2) is 17.4 Å². The highest BCUT2D eigenvalue weighted by Crippen LogP contribution is 2.41. The zero-order valence-corrected chi connectivity index (χ0v) is 19.2. The third-order valence-corrected chi connectivity index (χ3v) is 6.03. The zero-order valence-electron chi connectivity index (χ0n) is 19.2. The number of aliphatic hydroxyl groups excluding tert-OH is 1. The van der Waals surface area contributed by atoms with Gasteiger partial charge in [0.05, 0.1) is 17.3 Å². The van der Waals surface area contributed by atoms with Gasteiger partial charge in [-0.3, -0.25) is 14.5 Å². The maximum Gasteiger partial charge on any atom is 0.295 e. The summed E-state index contributed by atoms with van der Waals surface area (Å²) < 4.78 is 0. The van der Waals surface area contributed by atoms with Gasteiger partial charge in [0.1, 0.15) is 0 Å². The molecule has 1 unspecified atom stereocenters.